The highest BCUT2D eigenvalue weighted by molar-refractivity contribution is 7.99. The molecule has 0 aromatic heterocycles. The van der Waals surface area contributed by atoms with E-state index in [-0.39, 0.29) is 0 Å². The van der Waals surface area contributed by atoms with E-state index in [0.717, 1.165) is 24.1 Å². The Bertz CT molecular complexity index is 286. The Kier molecular flexibility index (Phi) is 2.76. The maximum absolute atomic E-state index is 9.23. The van der Waals surface area contributed by atoms with Crippen LogP contribution in [0.3, 0.4) is 0 Å². The molecular formula is C10H13NOS. The van der Waals surface area contributed by atoms with Crippen molar-refractivity contribution in [1.29, 1.82) is 0 Å². The fourth-order valence-corrected chi connectivity index (χ4v) is 2.32. The molecule has 2 nitrogen and oxygen atoms in total. The average Bonchev–Trinajstić information content (AvgIpc) is 2.01. The average molecular weight is 195 g/mol. The summed E-state index contributed by atoms with van der Waals surface area (Å²) >= 11 is 1.95. The van der Waals surface area contributed by atoms with Crippen LogP contribution in [0.25, 0.3) is 0 Å². The number of hydrogen-bond acceptors (Lipinski definition) is 3. The number of thioether (sulfide) groups is 1. The summed E-state index contributed by atoms with van der Waals surface area (Å²) in [6, 6.07) is 7.49. The van der Waals surface area contributed by atoms with Crippen molar-refractivity contribution >= 4 is 11.8 Å². The number of rotatable bonds is 3. The van der Waals surface area contributed by atoms with Gasteiger partial charge >= 0.3 is 0 Å². The summed E-state index contributed by atoms with van der Waals surface area (Å²) in [5.74, 6) is 1.37. The number of phenolic OH excluding ortho intramolecular Hbond substituents is 1. The van der Waals surface area contributed by atoms with E-state index in [2.05, 4.69) is 11.4 Å². The molecule has 1 aromatic carbocycles. The minimum absolute atomic E-state index is 0.366. The highest BCUT2D eigenvalue weighted by Gasteiger charge is 2.16. The minimum Gasteiger partial charge on any atom is -0.508 e. The molecule has 0 saturated carbocycles. The molecule has 0 aliphatic carbocycles. The lowest BCUT2D eigenvalue weighted by Gasteiger charge is -2.26. The molecule has 0 radical (unpaired) electrons. The lowest BCUT2D eigenvalue weighted by atomic mass is 10.2. The zero-order valence-electron chi connectivity index (χ0n) is 7.36. The molecule has 1 aliphatic heterocycles. The van der Waals surface area contributed by atoms with Crippen LogP contribution in [-0.2, 0) is 5.75 Å². The van der Waals surface area contributed by atoms with E-state index in [4.69, 9.17) is 0 Å². The van der Waals surface area contributed by atoms with Crippen molar-refractivity contribution in [3.8, 4) is 5.75 Å². The van der Waals surface area contributed by atoms with Crippen LogP contribution in [0.2, 0.25) is 0 Å². The SMILES string of the molecule is Oc1cccc(CSC2CNC2)c1. The highest BCUT2D eigenvalue weighted by Crippen LogP contribution is 2.22. The summed E-state index contributed by atoms with van der Waals surface area (Å²) in [6.45, 7) is 2.26. The van der Waals surface area contributed by atoms with Crippen molar-refractivity contribution < 1.29 is 5.11 Å². The molecule has 0 spiro atoms. The quantitative estimate of drug-likeness (QED) is 0.768. The van der Waals surface area contributed by atoms with Crippen molar-refractivity contribution in [3.05, 3.63) is 29.8 Å². The van der Waals surface area contributed by atoms with Crippen LogP contribution >= 0.6 is 11.8 Å². The Labute approximate surface area is 82.4 Å². The van der Waals surface area contributed by atoms with Gasteiger partial charge in [-0.3, -0.25) is 0 Å². The second kappa shape index (κ2) is 4.03. The first kappa shape index (κ1) is 8.91. The third-order valence-electron chi connectivity index (χ3n) is 2.14. The van der Waals surface area contributed by atoms with Crippen LogP contribution in [0.15, 0.2) is 24.3 Å². The van der Waals surface area contributed by atoms with Gasteiger partial charge in [-0.25, -0.2) is 0 Å². The van der Waals surface area contributed by atoms with E-state index in [9.17, 15) is 5.11 Å². The van der Waals surface area contributed by atoms with E-state index < -0.39 is 0 Å². The summed E-state index contributed by atoms with van der Waals surface area (Å²) in [6.07, 6.45) is 0. The van der Waals surface area contributed by atoms with Gasteiger partial charge in [-0.2, -0.15) is 11.8 Å². The highest BCUT2D eigenvalue weighted by atomic mass is 32.2. The first-order valence-electron chi connectivity index (χ1n) is 4.45. The fraction of sp³-hybridized carbons (Fsp3) is 0.400. The van der Waals surface area contributed by atoms with E-state index in [1.54, 1.807) is 6.07 Å². The van der Waals surface area contributed by atoms with Crippen LogP contribution in [0.5, 0.6) is 5.75 Å². The van der Waals surface area contributed by atoms with E-state index in [1.807, 2.05) is 23.9 Å². The number of hydrogen-bond donors (Lipinski definition) is 2. The second-order valence-corrected chi connectivity index (χ2v) is 4.55. The first-order valence-corrected chi connectivity index (χ1v) is 5.50. The summed E-state index contributed by atoms with van der Waals surface area (Å²) in [4.78, 5) is 0. The molecule has 1 saturated heterocycles. The predicted octanol–water partition coefficient (Wildman–Crippen LogP) is 1.60. The molecule has 1 heterocycles. The van der Waals surface area contributed by atoms with Gasteiger partial charge in [0.1, 0.15) is 5.75 Å². The van der Waals surface area contributed by atoms with Crippen molar-refractivity contribution in [1.82, 2.24) is 5.32 Å². The summed E-state index contributed by atoms with van der Waals surface area (Å²) in [7, 11) is 0. The molecule has 1 aliphatic rings. The van der Waals surface area contributed by atoms with E-state index in [0.29, 0.717) is 5.75 Å². The first-order chi connectivity index (χ1) is 6.34. The number of aromatic hydroxyl groups is 1. The van der Waals surface area contributed by atoms with Crippen LogP contribution in [-0.4, -0.2) is 23.4 Å². The van der Waals surface area contributed by atoms with Crippen molar-refractivity contribution in [2.45, 2.75) is 11.0 Å². The third-order valence-corrected chi connectivity index (χ3v) is 3.45. The van der Waals surface area contributed by atoms with Crippen LogP contribution in [0.4, 0.5) is 0 Å². The largest absolute Gasteiger partial charge is 0.508 e. The van der Waals surface area contributed by atoms with Crippen molar-refractivity contribution in [2.75, 3.05) is 13.1 Å². The zero-order chi connectivity index (χ0) is 9.10. The standard InChI is InChI=1S/C10H13NOS/c12-9-3-1-2-8(4-9)7-13-10-5-11-6-10/h1-4,10-12H,5-7H2. The minimum atomic E-state index is 0.366. The Morgan fingerprint density at radius 2 is 2.31 bits per heavy atom. The molecule has 3 heteroatoms. The maximum Gasteiger partial charge on any atom is 0.115 e. The lowest BCUT2D eigenvalue weighted by molar-refractivity contribution is 0.475. The van der Waals surface area contributed by atoms with Gasteiger partial charge in [-0.05, 0) is 17.7 Å². The van der Waals surface area contributed by atoms with Gasteiger partial charge in [0.15, 0.2) is 0 Å². The normalized spacial score (nSPS) is 16.9. The van der Waals surface area contributed by atoms with E-state index in [1.165, 1.54) is 5.56 Å². The number of phenols is 1. The van der Waals surface area contributed by atoms with E-state index >= 15 is 0 Å². The van der Waals surface area contributed by atoms with Gasteiger partial charge in [0.2, 0.25) is 0 Å². The summed E-state index contributed by atoms with van der Waals surface area (Å²) in [5.41, 5.74) is 1.21. The predicted molar refractivity (Wildman–Crippen MR) is 56.1 cm³/mol. The molecule has 2 rings (SSSR count). The molecular weight excluding hydrogens is 182 g/mol. The van der Waals surface area contributed by atoms with Gasteiger partial charge in [0.25, 0.3) is 0 Å². The molecule has 0 atom stereocenters. The van der Waals surface area contributed by atoms with Gasteiger partial charge in [-0.15, -0.1) is 0 Å². The topological polar surface area (TPSA) is 32.3 Å². The van der Waals surface area contributed by atoms with Gasteiger partial charge in [0.05, 0.1) is 0 Å². The Balaban J connectivity index is 1.86. The van der Waals surface area contributed by atoms with Crippen LogP contribution in [0.1, 0.15) is 5.56 Å². The molecule has 0 amide bonds. The monoisotopic (exact) mass is 195 g/mol. The zero-order valence-corrected chi connectivity index (χ0v) is 8.18. The number of benzene rings is 1. The summed E-state index contributed by atoms with van der Waals surface area (Å²) in [5, 5.41) is 13.2. The van der Waals surface area contributed by atoms with Crippen LogP contribution in [0, 0.1) is 0 Å². The lowest BCUT2D eigenvalue weighted by Crippen LogP contribution is -2.44. The second-order valence-electron chi connectivity index (χ2n) is 3.26. The van der Waals surface area contributed by atoms with Crippen molar-refractivity contribution in [2.24, 2.45) is 0 Å². The summed E-state index contributed by atoms with van der Waals surface area (Å²) < 4.78 is 0. The van der Waals surface area contributed by atoms with Crippen molar-refractivity contribution in [3.63, 3.8) is 0 Å². The van der Waals surface area contributed by atoms with Crippen LogP contribution < -0.4 is 5.32 Å². The van der Waals surface area contributed by atoms with Gasteiger partial charge in [-0.1, -0.05) is 12.1 Å². The number of nitrogens with one attached hydrogen (secondary N) is 1. The fourth-order valence-electron chi connectivity index (χ4n) is 1.24. The third kappa shape index (κ3) is 2.39. The molecule has 13 heavy (non-hydrogen) atoms. The molecule has 1 aromatic rings. The van der Waals surface area contributed by atoms with Gasteiger partial charge < -0.3 is 10.4 Å². The van der Waals surface area contributed by atoms with Gasteiger partial charge in [0, 0.05) is 24.1 Å². The Morgan fingerprint density at radius 3 is 2.92 bits per heavy atom. The Hall–Kier alpha value is -0.670. The Morgan fingerprint density at radius 1 is 1.46 bits per heavy atom. The maximum atomic E-state index is 9.23. The molecule has 2 N–H and O–H groups in total. The molecule has 70 valence electrons. The molecule has 1 fully saturated rings. The molecule has 0 unspecified atom stereocenters. The smallest absolute Gasteiger partial charge is 0.115 e. The molecule has 0 bridgehead atoms.